The van der Waals surface area contributed by atoms with Crippen molar-refractivity contribution < 1.29 is 0 Å². The van der Waals surface area contributed by atoms with Gasteiger partial charge in [0.2, 0.25) is 5.78 Å². The van der Waals surface area contributed by atoms with E-state index in [1.54, 1.807) is 0 Å². The normalized spacial score (nSPS) is 23.8. The SMILES string of the molecule is c1ccc(-c2nc3ncccn3c2CN2CCC[C@@]3(CCNC3)C2)cc1. The van der Waals surface area contributed by atoms with Crippen molar-refractivity contribution in [3.63, 3.8) is 0 Å². The van der Waals surface area contributed by atoms with E-state index in [1.165, 1.54) is 56.7 Å². The fraction of sp³-hybridized carbons (Fsp3) is 0.429. The van der Waals surface area contributed by atoms with E-state index in [4.69, 9.17) is 4.98 Å². The number of benzene rings is 1. The number of aromatic nitrogens is 3. The predicted molar refractivity (Wildman–Crippen MR) is 103 cm³/mol. The van der Waals surface area contributed by atoms with Crippen LogP contribution < -0.4 is 5.32 Å². The van der Waals surface area contributed by atoms with Gasteiger partial charge >= 0.3 is 0 Å². The lowest BCUT2D eigenvalue weighted by molar-refractivity contribution is 0.0967. The van der Waals surface area contributed by atoms with Crippen LogP contribution in [0.2, 0.25) is 0 Å². The Bertz CT molecular complexity index is 895. The van der Waals surface area contributed by atoms with E-state index in [-0.39, 0.29) is 0 Å². The summed E-state index contributed by atoms with van der Waals surface area (Å²) in [5.74, 6) is 0.788. The van der Waals surface area contributed by atoms with Gasteiger partial charge in [-0.3, -0.25) is 9.30 Å². The number of nitrogens with zero attached hydrogens (tertiary/aromatic N) is 4. The van der Waals surface area contributed by atoms with Crippen LogP contribution in [0.5, 0.6) is 0 Å². The third kappa shape index (κ3) is 2.81. The number of likely N-dealkylation sites (tertiary alicyclic amines) is 1. The Morgan fingerprint density at radius 3 is 2.88 bits per heavy atom. The second-order valence-electron chi connectivity index (χ2n) is 7.80. The van der Waals surface area contributed by atoms with Gasteiger partial charge in [-0.15, -0.1) is 0 Å². The molecule has 2 saturated heterocycles. The topological polar surface area (TPSA) is 45.5 Å². The highest BCUT2D eigenvalue weighted by Crippen LogP contribution is 2.36. The molecule has 5 nitrogen and oxygen atoms in total. The van der Waals surface area contributed by atoms with Crippen molar-refractivity contribution in [3.05, 3.63) is 54.5 Å². The van der Waals surface area contributed by atoms with Gasteiger partial charge in [-0.05, 0) is 43.8 Å². The van der Waals surface area contributed by atoms with E-state index < -0.39 is 0 Å². The molecule has 0 unspecified atom stereocenters. The summed E-state index contributed by atoms with van der Waals surface area (Å²) in [5, 5.41) is 3.57. The molecule has 5 heteroatoms. The fourth-order valence-electron chi connectivity index (χ4n) is 4.71. The van der Waals surface area contributed by atoms with Gasteiger partial charge in [-0.2, -0.15) is 0 Å². The van der Waals surface area contributed by atoms with E-state index in [0.29, 0.717) is 5.41 Å². The van der Waals surface area contributed by atoms with Crippen LogP contribution in [-0.4, -0.2) is 45.4 Å². The van der Waals surface area contributed by atoms with Gasteiger partial charge in [0.25, 0.3) is 0 Å². The van der Waals surface area contributed by atoms with Crippen molar-refractivity contribution in [3.8, 4) is 11.3 Å². The molecule has 4 heterocycles. The summed E-state index contributed by atoms with van der Waals surface area (Å²) in [5.41, 5.74) is 3.96. The van der Waals surface area contributed by atoms with E-state index in [2.05, 4.69) is 56.1 Å². The van der Waals surface area contributed by atoms with Gasteiger partial charge < -0.3 is 5.32 Å². The largest absolute Gasteiger partial charge is 0.316 e. The fourth-order valence-corrected chi connectivity index (χ4v) is 4.71. The minimum absolute atomic E-state index is 0.476. The van der Waals surface area contributed by atoms with E-state index >= 15 is 0 Å². The molecule has 134 valence electrons. The van der Waals surface area contributed by atoms with Crippen molar-refractivity contribution in [1.29, 1.82) is 0 Å². The Balaban J connectivity index is 1.51. The molecule has 1 N–H and O–H groups in total. The van der Waals surface area contributed by atoms with E-state index in [1.807, 2.05) is 12.3 Å². The minimum atomic E-state index is 0.476. The first kappa shape index (κ1) is 16.0. The van der Waals surface area contributed by atoms with Crippen LogP contribution in [0.15, 0.2) is 48.8 Å². The molecule has 2 aliphatic rings. The molecule has 0 bridgehead atoms. The summed E-state index contributed by atoms with van der Waals surface area (Å²) >= 11 is 0. The molecule has 0 saturated carbocycles. The smallest absolute Gasteiger partial charge is 0.234 e. The zero-order valence-electron chi connectivity index (χ0n) is 15.1. The van der Waals surface area contributed by atoms with E-state index in [0.717, 1.165) is 18.0 Å². The number of hydrogen-bond donors (Lipinski definition) is 1. The molecule has 2 fully saturated rings. The first-order valence-electron chi connectivity index (χ1n) is 9.64. The molecule has 0 amide bonds. The average Bonchev–Trinajstić information content (AvgIpc) is 3.28. The lowest BCUT2D eigenvalue weighted by Gasteiger charge is -2.40. The zero-order chi connectivity index (χ0) is 17.4. The van der Waals surface area contributed by atoms with Crippen molar-refractivity contribution >= 4 is 5.78 Å². The Kier molecular flexibility index (Phi) is 3.98. The minimum Gasteiger partial charge on any atom is -0.316 e. The Hall–Kier alpha value is -2.24. The number of imidazole rings is 1. The third-order valence-electron chi connectivity index (χ3n) is 6.00. The second kappa shape index (κ2) is 6.49. The first-order valence-corrected chi connectivity index (χ1v) is 9.64. The Labute approximate surface area is 154 Å². The maximum absolute atomic E-state index is 4.85. The summed E-state index contributed by atoms with van der Waals surface area (Å²) in [4.78, 5) is 12.0. The highest BCUT2D eigenvalue weighted by molar-refractivity contribution is 5.65. The highest BCUT2D eigenvalue weighted by atomic mass is 15.2. The summed E-state index contributed by atoms with van der Waals surface area (Å²) in [6, 6.07) is 12.5. The first-order chi connectivity index (χ1) is 12.8. The van der Waals surface area contributed by atoms with Crippen LogP contribution in [0.25, 0.3) is 17.0 Å². The van der Waals surface area contributed by atoms with Gasteiger partial charge in [0.1, 0.15) is 0 Å². The lowest BCUT2D eigenvalue weighted by Crippen LogP contribution is -2.44. The summed E-state index contributed by atoms with van der Waals surface area (Å²) in [7, 11) is 0. The molecule has 1 spiro atoms. The molecule has 3 aromatic rings. The third-order valence-corrected chi connectivity index (χ3v) is 6.00. The lowest BCUT2D eigenvalue weighted by atomic mass is 9.79. The molecule has 26 heavy (non-hydrogen) atoms. The standard InChI is InChI=1S/C21H25N5/c1-2-6-17(7-3-1)19-18(26-13-5-10-23-20(26)24-19)14-25-12-4-8-21(16-25)9-11-22-15-21/h1-3,5-7,10,13,22H,4,8-9,11-12,14-16H2/t21-/m0/s1. The number of rotatable bonds is 3. The van der Waals surface area contributed by atoms with Crippen LogP contribution in [0.4, 0.5) is 0 Å². The number of fused-ring (bicyclic) bond motifs is 1. The van der Waals surface area contributed by atoms with Gasteiger partial charge in [0.05, 0.1) is 11.4 Å². The quantitative estimate of drug-likeness (QED) is 0.791. The van der Waals surface area contributed by atoms with Crippen molar-refractivity contribution in [1.82, 2.24) is 24.6 Å². The molecule has 0 radical (unpaired) electrons. The van der Waals surface area contributed by atoms with Gasteiger partial charge in [0.15, 0.2) is 0 Å². The Morgan fingerprint density at radius 2 is 2.04 bits per heavy atom. The molecule has 1 atom stereocenters. The molecule has 2 aromatic heterocycles. The highest BCUT2D eigenvalue weighted by Gasteiger charge is 2.38. The number of piperidine rings is 1. The van der Waals surface area contributed by atoms with Crippen LogP contribution in [0.3, 0.4) is 0 Å². The average molecular weight is 347 g/mol. The number of nitrogens with one attached hydrogen (secondary N) is 1. The van der Waals surface area contributed by atoms with Crippen molar-refractivity contribution in [2.24, 2.45) is 5.41 Å². The predicted octanol–water partition coefficient (Wildman–Crippen LogP) is 2.97. The summed E-state index contributed by atoms with van der Waals surface area (Å²) in [6.45, 7) is 5.62. The molecular formula is C21H25N5. The maximum atomic E-state index is 4.85. The zero-order valence-corrected chi connectivity index (χ0v) is 15.1. The second-order valence-corrected chi connectivity index (χ2v) is 7.80. The van der Waals surface area contributed by atoms with Crippen LogP contribution in [0, 0.1) is 5.41 Å². The summed E-state index contributed by atoms with van der Waals surface area (Å²) < 4.78 is 2.16. The van der Waals surface area contributed by atoms with E-state index in [9.17, 15) is 0 Å². The molecular weight excluding hydrogens is 322 g/mol. The van der Waals surface area contributed by atoms with Gasteiger partial charge in [-0.1, -0.05) is 30.3 Å². The molecule has 0 aliphatic carbocycles. The van der Waals surface area contributed by atoms with Crippen LogP contribution >= 0.6 is 0 Å². The summed E-state index contributed by atoms with van der Waals surface area (Å²) in [6.07, 6.45) is 7.87. The molecule has 1 aromatic carbocycles. The van der Waals surface area contributed by atoms with Crippen LogP contribution in [0.1, 0.15) is 25.0 Å². The van der Waals surface area contributed by atoms with Gasteiger partial charge in [-0.25, -0.2) is 9.97 Å². The monoisotopic (exact) mass is 347 g/mol. The van der Waals surface area contributed by atoms with Gasteiger partial charge in [0, 0.05) is 37.6 Å². The molecule has 5 rings (SSSR count). The number of hydrogen-bond acceptors (Lipinski definition) is 4. The van der Waals surface area contributed by atoms with Crippen LogP contribution in [-0.2, 0) is 6.54 Å². The Morgan fingerprint density at radius 1 is 1.12 bits per heavy atom. The maximum Gasteiger partial charge on any atom is 0.234 e. The van der Waals surface area contributed by atoms with Crippen molar-refractivity contribution in [2.75, 3.05) is 26.2 Å². The molecule has 2 aliphatic heterocycles. The van der Waals surface area contributed by atoms with Crippen molar-refractivity contribution in [2.45, 2.75) is 25.8 Å².